The number of aryl methyl sites for hydroxylation is 2. The summed E-state index contributed by atoms with van der Waals surface area (Å²) in [5.74, 6) is 1.07. The van der Waals surface area contributed by atoms with Crippen LogP contribution >= 0.6 is 34.4 Å². The van der Waals surface area contributed by atoms with Crippen molar-refractivity contribution >= 4 is 34.4 Å². The molecule has 2 rings (SSSR count). The van der Waals surface area contributed by atoms with E-state index in [-0.39, 0.29) is 0 Å². The van der Waals surface area contributed by atoms with Gasteiger partial charge >= 0.3 is 0 Å². The maximum atomic E-state index is 4.24. The Morgan fingerprint density at radius 3 is 2.29 bits per heavy atom. The zero-order valence-corrected chi connectivity index (χ0v) is 12.5. The molecule has 1 unspecified atom stereocenters. The Balaban J connectivity index is 2.12. The molecule has 0 aromatic carbocycles. The van der Waals surface area contributed by atoms with Gasteiger partial charge in [0, 0.05) is 6.42 Å². The van der Waals surface area contributed by atoms with Crippen LogP contribution in [0.1, 0.15) is 32.2 Å². The standard InChI is InChI=1S/C10H14N4S3/c1-4-15-8(10-14-12-7(3)17-10)5-9-13-11-6(2)16-9/h8H,4-5H2,1-3H3. The van der Waals surface area contributed by atoms with E-state index < -0.39 is 0 Å². The first kappa shape index (κ1) is 12.9. The maximum Gasteiger partial charge on any atom is 0.130 e. The van der Waals surface area contributed by atoms with Gasteiger partial charge in [0.1, 0.15) is 20.0 Å². The van der Waals surface area contributed by atoms with E-state index in [1.807, 2.05) is 25.6 Å². The van der Waals surface area contributed by atoms with Gasteiger partial charge in [-0.15, -0.1) is 43.1 Å². The second kappa shape index (κ2) is 5.88. The second-order valence-electron chi connectivity index (χ2n) is 3.52. The summed E-state index contributed by atoms with van der Waals surface area (Å²) >= 11 is 5.23. The van der Waals surface area contributed by atoms with Crippen molar-refractivity contribution in [1.82, 2.24) is 20.4 Å². The van der Waals surface area contributed by atoms with Crippen molar-refractivity contribution in [2.24, 2.45) is 0 Å². The highest BCUT2D eigenvalue weighted by Crippen LogP contribution is 2.34. The van der Waals surface area contributed by atoms with Crippen molar-refractivity contribution in [1.29, 1.82) is 0 Å². The number of rotatable bonds is 5. The van der Waals surface area contributed by atoms with Crippen molar-refractivity contribution in [3.05, 3.63) is 20.0 Å². The van der Waals surface area contributed by atoms with Crippen molar-refractivity contribution in [2.45, 2.75) is 32.4 Å². The molecular formula is C10H14N4S3. The second-order valence-corrected chi connectivity index (χ2v) is 7.48. The van der Waals surface area contributed by atoms with Crippen LogP contribution in [0.4, 0.5) is 0 Å². The van der Waals surface area contributed by atoms with Crippen LogP contribution in [0.15, 0.2) is 0 Å². The molecule has 4 nitrogen and oxygen atoms in total. The molecule has 2 aromatic heterocycles. The van der Waals surface area contributed by atoms with Gasteiger partial charge in [-0.2, -0.15) is 11.8 Å². The lowest BCUT2D eigenvalue weighted by Crippen LogP contribution is -1.99. The summed E-state index contributed by atoms with van der Waals surface area (Å²) in [5, 5.41) is 21.2. The SMILES string of the molecule is CCSC(Cc1nnc(C)s1)c1nnc(C)s1. The molecule has 0 bridgehead atoms. The van der Waals surface area contributed by atoms with Crippen molar-refractivity contribution < 1.29 is 0 Å². The first-order chi connectivity index (χ1) is 8.19. The third-order valence-electron chi connectivity index (χ3n) is 2.11. The van der Waals surface area contributed by atoms with Gasteiger partial charge in [0.15, 0.2) is 0 Å². The summed E-state index contributed by atoms with van der Waals surface area (Å²) in [5.41, 5.74) is 0. The quantitative estimate of drug-likeness (QED) is 0.845. The van der Waals surface area contributed by atoms with Crippen molar-refractivity contribution in [3.63, 3.8) is 0 Å². The minimum atomic E-state index is 0.360. The molecule has 0 radical (unpaired) electrons. The average molecular weight is 286 g/mol. The molecule has 0 aliphatic rings. The molecule has 0 spiro atoms. The lowest BCUT2D eigenvalue weighted by Gasteiger charge is -2.09. The first-order valence-electron chi connectivity index (χ1n) is 5.39. The molecular weight excluding hydrogens is 272 g/mol. The van der Waals surface area contributed by atoms with Gasteiger partial charge < -0.3 is 0 Å². The number of hydrogen-bond acceptors (Lipinski definition) is 7. The molecule has 0 aliphatic carbocycles. The Labute approximate surface area is 113 Å². The summed E-state index contributed by atoms with van der Waals surface area (Å²) < 4.78 is 0. The Morgan fingerprint density at radius 2 is 1.76 bits per heavy atom. The van der Waals surface area contributed by atoms with Gasteiger partial charge in [0.2, 0.25) is 0 Å². The van der Waals surface area contributed by atoms with Crippen molar-refractivity contribution in [2.75, 3.05) is 5.75 Å². The largest absolute Gasteiger partial charge is 0.151 e. The highest BCUT2D eigenvalue weighted by atomic mass is 32.2. The number of thioether (sulfide) groups is 1. The Kier molecular flexibility index (Phi) is 4.47. The molecule has 2 aromatic rings. The molecule has 7 heteroatoms. The Bertz CT molecular complexity index is 479. The van der Waals surface area contributed by atoms with Gasteiger partial charge in [-0.3, -0.25) is 0 Å². The maximum absolute atomic E-state index is 4.24. The molecule has 0 saturated carbocycles. The molecule has 92 valence electrons. The lowest BCUT2D eigenvalue weighted by molar-refractivity contribution is 0.850. The number of hydrogen-bond donors (Lipinski definition) is 0. The monoisotopic (exact) mass is 286 g/mol. The van der Waals surface area contributed by atoms with Crippen LogP contribution in [0.2, 0.25) is 0 Å². The normalized spacial score (nSPS) is 12.9. The van der Waals surface area contributed by atoms with E-state index in [9.17, 15) is 0 Å². The van der Waals surface area contributed by atoms with E-state index >= 15 is 0 Å². The highest BCUT2D eigenvalue weighted by Gasteiger charge is 2.18. The van der Waals surface area contributed by atoms with E-state index in [4.69, 9.17) is 0 Å². The summed E-state index contributed by atoms with van der Waals surface area (Å²) in [7, 11) is 0. The van der Waals surface area contributed by atoms with Gasteiger partial charge in [0.05, 0.1) is 5.25 Å². The lowest BCUT2D eigenvalue weighted by atomic mass is 10.3. The van der Waals surface area contributed by atoms with Gasteiger partial charge in [0.25, 0.3) is 0 Å². The molecule has 0 saturated heterocycles. The minimum absolute atomic E-state index is 0.360. The first-order valence-corrected chi connectivity index (χ1v) is 8.07. The molecule has 0 fully saturated rings. The predicted molar refractivity (Wildman–Crippen MR) is 73.9 cm³/mol. The topological polar surface area (TPSA) is 51.6 Å². The van der Waals surface area contributed by atoms with Gasteiger partial charge in [-0.1, -0.05) is 6.92 Å². The highest BCUT2D eigenvalue weighted by molar-refractivity contribution is 7.99. The molecule has 17 heavy (non-hydrogen) atoms. The average Bonchev–Trinajstić information content (AvgIpc) is 2.87. The summed E-state index contributed by atoms with van der Waals surface area (Å²) in [4.78, 5) is 0. The fourth-order valence-electron chi connectivity index (χ4n) is 1.44. The zero-order chi connectivity index (χ0) is 12.3. The van der Waals surface area contributed by atoms with Crippen LogP contribution < -0.4 is 0 Å². The Morgan fingerprint density at radius 1 is 1.06 bits per heavy atom. The third kappa shape index (κ3) is 3.46. The van der Waals surface area contributed by atoms with E-state index in [2.05, 4.69) is 27.3 Å². The molecule has 0 amide bonds. The van der Waals surface area contributed by atoms with E-state index in [1.54, 1.807) is 22.7 Å². The van der Waals surface area contributed by atoms with Crippen LogP contribution in [0.3, 0.4) is 0 Å². The van der Waals surface area contributed by atoms with Crippen LogP contribution in [0.5, 0.6) is 0 Å². The van der Waals surface area contributed by atoms with E-state index in [0.29, 0.717) is 5.25 Å². The zero-order valence-electron chi connectivity index (χ0n) is 10.0. The molecule has 0 aliphatic heterocycles. The minimum Gasteiger partial charge on any atom is -0.151 e. The van der Waals surface area contributed by atoms with Crippen LogP contribution in [-0.2, 0) is 6.42 Å². The smallest absolute Gasteiger partial charge is 0.130 e. The number of aromatic nitrogens is 4. The fourth-order valence-corrected chi connectivity index (χ4v) is 4.20. The van der Waals surface area contributed by atoms with Crippen molar-refractivity contribution in [3.8, 4) is 0 Å². The van der Waals surface area contributed by atoms with E-state index in [0.717, 1.165) is 32.2 Å². The summed E-state index contributed by atoms with van der Waals surface area (Å²) in [6.45, 7) is 6.14. The number of nitrogens with zero attached hydrogens (tertiary/aromatic N) is 4. The molecule has 0 N–H and O–H groups in total. The predicted octanol–water partition coefficient (Wildman–Crippen LogP) is 3.04. The van der Waals surface area contributed by atoms with Crippen LogP contribution in [0, 0.1) is 13.8 Å². The van der Waals surface area contributed by atoms with Gasteiger partial charge in [-0.25, -0.2) is 0 Å². The summed E-state index contributed by atoms with van der Waals surface area (Å²) in [6.07, 6.45) is 0.901. The van der Waals surface area contributed by atoms with E-state index in [1.165, 1.54) is 0 Å². The Hall–Kier alpha value is -0.530. The molecule has 2 heterocycles. The van der Waals surface area contributed by atoms with Crippen LogP contribution in [0.25, 0.3) is 0 Å². The third-order valence-corrected chi connectivity index (χ3v) is 5.20. The fraction of sp³-hybridized carbons (Fsp3) is 0.600. The van der Waals surface area contributed by atoms with Crippen LogP contribution in [-0.4, -0.2) is 26.1 Å². The van der Waals surface area contributed by atoms with Gasteiger partial charge in [-0.05, 0) is 19.6 Å². The summed E-state index contributed by atoms with van der Waals surface area (Å²) in [6, 6.07) is 0. The molecule has 1 atom stereocenters.